The average Bonchev–Trinajstić information content (AvgIpc) is 2.65. The van der Waals surface area contributed by atoms with Crippen LogP contribution >= 0.6 is 0 Å². The molecule has 6 heteroatoms. The first-order valence-electron chi connectivity index (χ1n) is 9.58. The van der Waals surface area contributed by atoms with E-state index in [-0.39, 0.29) is 5.75 Å². The molecule has 0 saturated carbocycles. The molecule has 1 heterocycles. The van der Waals surface area contributed by atoms with E-state index in [4.69, 9.17) is 0 Å². The summed E-state index contributed by atoms with van der Waals surface area (Å²) in [7, 11) is -3.42. The van der Waals surface area contributed by atoms with Crippen LogP contribution in [-0.2, 0) is 15.8 Å². The molecule has 0 atom stereocenters. The van der Waals surface area contributed by atoms with Gasteiger partial charge in [-0.25, -0.2) is 8.42 Å². The fourth-order valence-electron chi connectivity index (χ4n) is 3.41. The van der Waals surface area contributed by atoms with Crippen molar-refractivity contribution in [3.05, 3.63) is 59.7 Å². The van der Waals surface area contributed by atoms with Crippen molar-refractivity contribution in [1.29, 1.82) is 0 Å². The number of nitrogens with zero attached hydrogens (tertiary/aromatic N) is 2. The van der Waals surface area contributed by atoms with Gasteiger partial charge in [0.25, 0.3) is 0 Å². The maximum Gasteiger partial charge on any atom is 0.236 e. The molecule has 0 amide bonds. The van der Waals surface area contributed by atoms with E-state index in [9.17, 15) is 8.42 Å². The van der Waals surface area contributed by atoms with E-state index >= 15 is 0 Å². The Morgan fingerprint density at radius 2 is 1.56 bits per heavy atom. The predicted molar refractivity (Wildman–Crippen MR) is 113 cm³/mol. The molecule has 2 aromatic carbocycles. The van der Waals surface area contributed by atoms with E-state index in [0.29, 0.717) is 5.69 Å². The minimum atomic E-state index is -3.42. The summed E-state index contributed by atoms with van der Waals surface area (Å²) in [5, 5.41) is 0. The largest absolute Gasteiger partial charge is 0.369 e. The van der Waals surface area contributed by atoms with Gasteiger partial charge in [0.1, 0.15) is 0 Å². The number of nitrogens with one attached hydrogen (secondary N) is 1. The third-order valence-corrected chi connectivity index (χ3v) is 6.16. The smallest absolute Gasteiger partial charge is 0.236 e. The number of aryl methyl sites for hydroxylation is 1. The highest BCUT2D eigenvalue weighted by Crippen LogP contribution is 2.21. The molecule has 0 aliphatic carbocycles. The Balaban J connectivity index is 1.58. The molecule has 1 N–H and O–H groups in total. The lowest BCUT2D eigenvalue weighted by atomic mass is 10.2. The lowest BCUT2D eigenvalue weighted by Gasteiger charge is -2.36. The van der Waals surface area contributed by atoms with Gasteiger partial charge in [0, 0.05) is 37.6 Å². The molecular formula is C21H29N3O2S. The van der Waals surface area contributed by atoms with Gasteiger partial charge in [-0.1, -0.05) is 36.8 Å². The van der Waals surface area contributed by atoms with Crippen molar-refractivity contribution < 1.29 is 8.42 Å². The SMILES string of the molecule is CCCN1CCN(c2ccc(NS(=O)(=O)Cc3ccc(C)cc3)cc2)CC1. The van der Waals surface area contributed by atoms with E-state index in [1.54, 1.807) is 0 Å². The molecule has 0 unspecified atom stereocenters. The topological polar surface area (TPSA) is 52.6 Å². The number of piperazine rings is 1. The fourth-order valence-corrected chi connectivity index (χ4v) is 4.60. The van der Waals surface area contributed by atoms with E-state index in [1.165, 1.54) is 6.42 Å². The molecule has 27 heavy (non-hydrogen) atoms. The summed E-state index contributed by atoms with van der Waals surface area (Å²) in [5.41, 5.74) is 3.66. The van der Waals surface area contributed by atoms with E-state index in [1.807, 2.05) is 55.5 Å². The summed E-state index contributed by atoms with van der Waals surface area (Å²) in [6.07, 6.45) is 1.19. The molecular weight excluding hydrogens is 358 g/mol. The highest BCUT2D eigenvalue weighted by atomic mass is 32.2. The van der Waals surface area contributed by atoms with Gasteiger partial charge in [0.15, 0.2) is 0 Å². The Kier molecular flexibility index (Phi) is 6.39. The van der Waals surface area contributed by atoms with Crippen molar-refractivity contribution in [1.82, 2.24) is 4.90 Å². The van der Waals surface area contributed by atoms with Gasteiger partial charge < -0.3 is 4.90 Å². The predicted octanol–water partition coefficient (Wildman–Crippen LogP) is 3.47. The van der Waals surface area contributed by atoms with Gasteiger partial charge in [-0.15, -0.1) is 0 Å². The Bertz CT molecular complexity index is 825. The van der Waals surface area contributed by atoms with Crippen molar-refractivity contribution in [2.75, 3.05) is 42.3 Å². The zero-order valence-corrected chi connectivity index (χ0v) is 17.0. The Labute approximate surface area is 163 Å². The molecule has 0 aromatic heterocycles. The molecule has 1 aliphatic heterocycles. The van der Waals surface area contributed by atoms with Crippen LogP contribution in [0.1, 0.15) is 24.5 Å². The van der Waals surface area contributed by atoms with E-state index < -0.39 is 10.0 Å². The molecule has 1 saturated heterocycles. The molecule has 0 spiro atoms. The molecule has 3 rings (SSSR count). The van der Waals surface area contributed by atoms with Crippen LogP contribution in [0.4, 0.5) is 11.4 Å². The van der Waals surface area contributed by atoms with Crippen LogP contribution in [0.25, 0.3) is 0 Å². The molecule has 146 valence electrons. The molecule has 0 radical (unpaired) electrons. The van der Waals surface area contributed by atoms with Gasteiger partial charge in [-0.2, -0.15) is 0 Å². The van der Waals surface area contributed by atoms with Gasteiger partial charge in [-0.05, 0) is 49.7 Å². The van der Waals surface area contributed by atoms with Crippen molar-refractivity contribution >= 4 is 21.4 Å². The maximum absolute atomic E-state index is 12.4. The lowest BCUT2D eigenvalue weighted by molar-refractivity contribution is 0.258. The highest BCUT2D eigenvalue weighted by molar-refractivity contribution is 7.91. The molecule has 0 bridgehead atoms. The summed E-state index contributed by atoms with van der Waals surface area (Å²) in [5.74, 6) is -0.0194. The number of benzene rings is 2. The van der Waals surface area contributed by atoms with Crippen molar-refractivity contribution in [3.63, 3.8) is 0 Å². The summed E-state index contributed by atoms with van der Waals surface area (Å²) in [4.78, 5) is 4.85. The van der Waals surface area contributed by atoms with Crippen LogP contribution < -0.4 is 9.62 Å². The van der Waals surface area contributed by atoms with Crippen LogP contribution in [0.3, 0.4) is 0 Å². The first-order chi connectivity index (χ1) is 12.9. The zero-order chi connectivity index (χ0) is 19.3. The summed E-state index contributed by atoms with van der Waals surface area (Å²) in [6.45, 7) is 9.55. The minimum absolute atomic E-state index is 0.0194. The van der Waals surface area contributed by atoms with Gasteiger partial charge in [-0.3, -0.25) is 9.62 Å². The second-order valence-corrected chi connectivity index (χ2v) is 8.94. The van der Waals surface area contributed by atoms with Crippen molar-refractivity contribution in [2.24, 2.45) is 0 Å². The van der Waals surface area contributed by atoms with Gasteiger partial charge in [0.2, 0.25) is 10.0 Å². The fraction of sp³-hybridized carbons (Fsp3) is 0.429. The van der Waals surface area contributed by atoms with Crippen molar-refractivity contribution in [2.45, 2.75) is 26.0 Å². The number of anilines is 2. The molecule has 5 nitrogen and oxygen atoms in total. The normalized spacial score (nSPS) is 15.7. The summed E-state index contributed by atoms with van der Waals surface area (Å²) >= 11 is 0. The number of hydrogen-bond acceptors (Lipinski definition) is 4. The minimum Gasteiger partial charge on any atom is -0.369 e. The Morgan fingerprint density at radius 3 is 2.15 bits per heavy atom. The molecule has 1 fully saturated rings. The number of hydrogen-bond donors (Lipinski definition) is 1. The average molecular weight is 388 g/mol. The third kappa shape index (κ3) is 5.71. The van der Waals surface area contributed by atoms with Gasteiger partial charge >= 0.3 is 0 Å². The van der Waals surface area contributed by atoms with Crippen LogP contribution in [0.2, 0.25) is 0 Å². The van der Waals surface area contributed by atoms with Gasteiger partial charge in [0.05, 0.1) is 5.75 Å². The monoisotopic (exact) mass is 387 g/mol. The molecule has 2 aromatic rings. The van der Waals surface area contributed by atoms with E-state index in [2.05, 4.69) is 21.4 Å². The quantitative estimate of drug-likeness (QED) is 0.790. The maximum atomic E-state index is 12.4. The van der Waals surface area contributed by atoms with E-state index in [0.717, 1.165) is 49.5 Å². The highest BCUT2D eigenvalue weighted by Gasteiger charge is 2.17. The third-order valence-electron chi connectivity index (χ3n) is 4.90. The Morgan fingerprint density at radius 1 is 0.926 bits per heavy atom. The Hall–Kier alpha value is -2.05. The van der Waals surface area contributed by atoms with Crippen molar-refractivity contribution in [3.8, 4) is 0 Å². The summed E-state index contributed by atoms with van der Waals surface area (Å²) < 4.78 is 27.5. The lowest BCUT2D eigenvalue weighted by Crippen LogP contribution is -2.46. The second-order valence-electron chi connectivity index (χ2n) is 7.22. The first kappa shape index (κ1) is 19.7. The number of rotatable bonds is 7. The van der Waals surface area contributed by atoms with Crippen LogP contribution in [0, 0.1) is 6.92 Å². The van der Waals surface area contributed by atoms with Crippen LogP contribution in [-0.4, -0.2) is 46.0 Å². The zero-order valence-electron chi connectivity index (χ0n) is 16.2. The summed E-state index contributed by atoms with van der Waals surface area (Å²) in [6, 6.07) is 15.3. The second kappa shape index (κ2) is 8.76. The van der Waals surface area contributed by atoms with Crippen LogP contribution in [0.5, 0.6) is 0 Å². The first-order valence-corrected chi connectivity index (χ1v) is 11.2. The molecule has 1 aliphatic rings. The van der Waals surface area contributed by atoms with Crippen LogP contribution in [0.15, 0.2) is 48.5 Å². The standard InChI is InChI=1S/C21H29N3O2S/c1-3-12-23-13-15-24(16-14-23)21-10-8-20(9-11-21)22-27(25,26)17-19-6-4-18(2)5-7-19/h4-11,22H,3,12-17H2,1-2H3. The number of sulfonamides is 1.